The summed E-state index contributed by atoms with van der Waals surface area (Å²) in [6.45, 7) is 3.19. The highest BCUT2D eigenvalue weighted by Crippen LogP contribution is 2.38. The molecule has 2 aliphatic heterocycles. The molecule has 0 aromatic heterocycles. The number of ether oxygens (including phenoxy) is 1. The lowest BCUT2D eigenvalue weighted by Crippen LogP contribution is -2.42. The van der Waals surface area contributed by atoms with Crippen molar-refractivity contribution >= 4 is 0 Å². The van der Waals surface area contributed by atoms with Gasteiger partial charge in [0.1, 0.15) is 6.23 Å². The van der Waals surface area contributed by atoms with E-state index >= 15 is 0 Å². The molecule has 0 unspecified atom stereocenters. The number of nitrogens with zero attached hydrogens (tertiary/aromatic N) is 1. The van der Waals surface area contributed by atoms with Crippen LogP contribution in [0.3, 0.4) is 0 Å². The molecular weight excluding hydrogens is 198 g/mol. The van der Waals surface area contributed by atoms with Crippen LogP contribution in [0.15, 0.2) is 30.3 Å². The fourth-order valence-electron chi connectivity index (χ4n) is 3.08. The predicted octanol–water partition coefficient (Wildman–Crippen LogP) is 2.96. The minimum absolute atomic E-state index is 0.369. The summed E-state index contributed by atoms with van der Waals surface area (Å²) < 4.78 is 5.92. The number of hydrogen-bond acceptors (Lipinski definition) is 2. The third kappa shape index (κ3) is 1.66. The number of fused-ring (bicyclic) bond motifs is 1. The van der Waals surface area contributed by atoms with Gasteiger partial charge in [0.15, 0.2) is 0 Å². The molecular formula is C14H19NO. The molecule has 2 heterocycles. The third-order valence-electron chi connectivity index (χ3n) is 3.91. The first-order chi connectivity index (χ1) is 7.86. The van der Waals surface area contributed by atoms with E-state index in [0.29, 0.717) is 18.3 Å². The van der Waals surface area contributed by atoms with E-state index in [2.05, 4.69) is 42.2 Å². The first kappa shape index (κ1) is 10.3. The molecule has 1 aromatic rings. The molecule has 2 fully saturated rings. The first-order valence-corrected chi connectivity index (χ1v) is 6.30. The van der Waals surface area contributed by atoms with Gasteiger partial charge in [0.2, 0.25) is 0 Å². The lowest BCUT2D eigenvalue weighted by Gasteiger charge is -2.37. The molecule has 1 aromatic carbocycles. The van der Waals surface area contributed by atoms with E-state index in [0.717, 1.165) is 6.61 Å². The molecule has 0 N–H and O–H groups in total. The van der Waals surface area contributed by atoms with Crippen molar-refractivity contribution in [3.05, 3.63) is 35.9 Å². The molecule has 3 rings (SSSR count). The van der Waals surface area contributed by atoms with Gasteiger partial charge in [-0.1, -0.05) is 30.3 Å². The van der Waals surface area contributed by atoms with Crippen LogP contribution >= 0.6 is 0 Å². The molecule has 2 nitrogen and oxygen atoms in total. The Balaban J connectivity index is 1.86. The summed E-state index contributed by atoms with van der Waals surface area (Å²) in [4.78, 5) is 2.57. The minimum Gasteiger partial charge on any atom is -0.361 e. The van der Waals surface area contributed by atoms with E-state index < -0.39 is 0 Å². The Kier molecular flexibility index (Phi) is 2.70. The van der Waals surface area contributed by atoms with Crippen LogP contribution in [0.2, 0.25) is 0 Å². The lowest BCUT2D eigenvalue weighted by molar-refractivity contribution is -0.0211. The van der Waals surface area contributed by atoms with Crippen LogP contribution < -0.4 is 0 Å². The molecule has 86 valence electrons. The average molecular weight is 217 g/mol. The smallest absolute Gasteiger partial charge is 0.111 e. The van der Waals surface area contributed by atoms with Crippen molar-refractivity contribution < 1.29 is 4.74 Å². The lowest BCUT2D eigenvalue weighted by atomic mass is 9.98. The molecule has 0 aliphatic carbocycles. The Hall–Kier alpha value is -0.860. The van der Waals surface area contributed by atoms with E-state index in [1.54, 1.807) is 0 Å². The van der Waals surface area contributed by atoms with E-state index in [9.17, 15) is 0 Å². The van der Waals surface area contributed by atoms with Gasteiger partial charge in [0.05, 0.1) is 12.6 Å². The van der Waals surface area contributed by atoms with Gasteiger partial charge in [0.25, 0.3) is 0 Å². The van der Waals surface area contributed by atoms with Crippen LogP contribution in [0.25, 0.3) is 0 Å². The molecule has 16 heavy (non-hydrogen) atoms. The zero-order chi connectivity index (χ0) is 11.0. The molecule has 0 radical (unpaired) electrons. The van der Waals surface area contributed by atoms with Crippen molar-refractivity contribution in [3.8, 4) is 0 Å². The Morgan fingerprint density at radius 3 is 2.81 bits per heavy atom. The second-order valence-corrected chi connectivity index (χ2v) is 4.94. The normalized spacial score (nSPS) is 34.9. The zero-order valence-corrected chi connectivity index (χ0v) is 9.80. The summed E-state index contributed by atoms with van der Waals surface area (Å²) >= 11 is 0. The van der Waals surface area contributed by atoms with Gasteiger partial charge < -0.3 is 4.74 Å². The summed E-state index contributed by atoms with van der Waals surface area (Å²) in [5.41, 5.74) is 1.40. The van der Waals surface area contributed by atoms with Gasteiger partial charge in [-0.2, -0.15) is 0 Å². The Bertz CT molecular complexity index is 351. The van der Waals surface area contributed by atoms with Crippen LogP contribution in [0.4, 0.5) is 0 Å². The first-order valence-electron chi connectivity index (χ1n) is 6.30. The second kappa shape index (κ2) is 4.19. The standard InChI is InChI=1S/C14H19NO/c1-11-6-5-9-14-15(11)13(10-16-14)12-7-3-2-4-8-12/h2-4,7-8,11,13-14H,5-6,9-10H2,1H3/t11-,13+,14+/m1/s1. The van der Waals surface area contributed by atoms with Gasteiger partial charge in [0, 0.05) is 6.04 Å². The topological polar surface area (TPSA) is 12.5 Å². The maximum absolute atomic E-state index is 5.92. The number of piperidine rings is 1. The summed E-state index contributed by atoms with van der Waals surface area (Å²) in [6, 6.07) is 11.9. The average Bonchev–Trinajstić information content (AvgIpc) is 2.75. The molecule has 2 heteroatoms. The van der Waals surface area contributed by atoms with E-state index in [-0.39, 0.29) is 0 Å². The van der Waals surface area contributed by atoms with Gasteiger partial charge in [-0.15, -0.1) is 0 Å². The molecule has 2 aliphatic rings. The summed E-state index contributed by atoms with van der Waals surface area (Å²) in [7, 11) is 0. The highest BCUT2D eigenvalue weighted by molar-refractivity contribution is 5.20. The third-order valence-corrected chi connectivity index (χ3v) is 3.91. The van der Waals surface area contributed by atoms with Crippen LogP contribution in [0, 0.1) is 0 Å². The maximum atomic E-state index is 5.92. The molecule has 0 amide bonds. The van der Waals surface area contributed by atoms with Crippen LogP contribution in [0.1, 0.15) is 37.8 Å². The quantitative estimate of drug-likeness (QED) is 0.717. The Morgan fingerprint density at radius 1 is 1.19 bits per heavy atom. The second-order valence-electron chi connectivity index (χ2n) is 4.94. The van der Waals surface area contributed by atoms with Crippen LogP contribution in [-0.4, -0.2) is 23.8 Å². The fourth-order valence-corrected chi connectivity index (χ4v) is 3.08. The highest BCUT2D eigenvalue weighted by atomic mass is 16.5. The fraction of sp³-hybridized carbons (Fsp3) is 0.571. The van der Waals surface area contributed by atoms with E-state index in [1.165, 1.54) is 24.8 Å². The molecule has 3 atom stereocenters. The molecule has 0 saturated carbocycles. The minimum atomic E-state index is 0.369. The van der Waals surface area contributed by atoms with Crippen molar-refractivity contribution in [1.29, 1.82) is 0 Å². The maximum Gasteiger partial charge on any atom is 0.111 e. The van der Waals surface area contributed by atoms with Crippen LogP contribution in [-0.2, 0) is 4.74 Å². The summed E-state index contributed by atoms with van der Waals surface area (Å²) in [5, 5.41) is 0. The van der Waals surface area contributed by atoms with Crippen molar-refractivity contribution in [1.82, 2.24) is 4.90 Å². The predicted molar refractivity (Wildman–Crippen MR) is 64.1 cm³/mol. The molecule has 0 bridgehead atoms. The van der Waals surface area contributed by atoms with Gasteiger partial charge in [-0.05, 0) is 31.7 Å². The monoisotopic (exact) mass is 217 g/mol. The Labute approximate surface area is 97.2 Å². The van der Waals surface area contributed by atoms with Gasteiger partial charge >= 0.3 is 0 Å². The van der Waals surface area contributed by atoms with Gasteiger partial charge in [-0.3, -0.25) is 4.90 Å². The summed E-state index contributed by atoms with van der Waals surface area (Å²) in [6.07, 6.45) is 4.19. The van der Waals surface area contributed by atoms with Crippen molar-refractivity contribution in [3.63, 3.8) is 0 Å². The largest absolute Gasteiger partial charge is 0.361 e. The zero-order valence-electron chi connectivity index (χ0n) is 9.80. The molecule has 0 spiro atoms. The van der Waals surface area contributed by atoms with Crippen LogP contribution in [0.5, 0.6) is 0 Å². The highest BCUT2D eigenvalue weighted by Gasteiger charge is 2.40. The number of benzene rings is 1. The van der Waals surface area contributed by atoms with Crippen molar-refractivity contribution in [2.45, 2.75) is 44.5 Å². The number of hydrogen-bond donors (Lipinski definition) is 0. The SMILES string of the molecule is C[C@@H]1CCC[C@@H]2OC[C@@H](c3ccccc3)N12. The van der Waals surface area contributed by atoms with Gasteiger partial charge in [-0.25, -0.2) is 0 Å². The van der Waals surface area contributed by atoms with Crippen molar-refractivity contribution in [2.75, 3.05) is 6.61 Å². The van der Waals surface area contributed by atoms with E-state index in [4.69, 9.17) is 4.74 Å². The Morgan fingerprint density at radius 2 is 2.00 bits per heavy atom. The van der Waals surface area contributed by atoms with E-state index in [1.807, 2.05) is 0 Å². The van der Waals surface area contributed by atoms with Crippen molar-refractivity contribution in [2.24, 2.45) is 0 Å². The molecule has 2 saturated heterocycles. The summed E-state index contributed by atoms with van der Waals surface area (Å²) in [5.74, 6) is 0. The number of rotatable bonds is 1.